The average Bonchev–Trinajstić information content (AvgIpc) is 2.45. The van der Waals surface area contributed by atoms with Crippen LogP contribution in [0.2, 0.25) is 0 Å². The Bertz CT molecular complexity index is 343. The van der Waals surface area contributed by atoms with Crippen LogP contribution in [-0.4, -0.2) is 36.9 Å². The molecule has 1 atom stereocenters. The van der Waals surface area contributed by atoms with Gasteiger partial charge in [0, 0.05) is 25.4 Å². The van der Waals surface area contributed by atoms with Crippen molar-refractivity contribution in [3.05, 3.63) is 0 Å². The topological polar surface area (TPSA) is 87.3 Å². The van der Waals surface area contributed by atoms with E-state index in [1.165, 1.54) is 0 Å². The molecular weight excluding hydrogens is 270 g/mol. The minimum absolute atomic E-state index is 0.0167. The van der Waals surface area contributed by atoms with Crippen LogP contribution in [0, 0.1) is 5.92 Å². The molecule has 0 heterocycles. The van der Waals surface area contributed by atoms with Crippen molar-refractivity contribution in [2.24, 2.45) is 5.92 Å². The van der Waals surface area contributed by atoms with Crippen LogP contribution in [0.15, 0.2) is 0 Å². The second-order valence-corrected chi connectivity index (χ2v) is 5.31. The summed E-state index contributed by atoms with van der Waals surface area (Å²) in [6.07, 6.45) is 2.50. The van der Waals surface area contributed by atoms with E-state index in [1.807, 2.05) is 20.8 Å². The standard InChI is InChI=1S/C15H29N3O3/c1-5-13(19)18-12(15(21)16-6-2)9-7-8-10-17-14(20)11(3)4/h11-12H,5-10H2,1-4H3,(H,16,21)(H,17,20)(H,18,19). The van der Waals surface area contributed by atoms with E-state index in [0.29, 0.717) is 25.9 Å². The number of nitrogens with one attached hydrogen (secondary N) is 3. The van der Waals surface area contributed by atoms with Crippen molar-refractivity contribution in [3.63, 3.8) is 0 Å². The summed E-state index contributed by atoms with van der Waals surface area (Å²) in [5.74, 6) is -0.253. The molecule has 3 amide bonds. The lowest BCUT2D eigenvalue weighted by Gasteiger charge is -2.17. The van der Waals surface area contributed by atoms with Gasteiger partial charge >= 0.3 is 0 Å². The zero-order valence-corrected chi connectivity index (χ0v) is 13.6. The molecule has 1 unspecified atom stereocenters. The van der Waals surface area contributed by atoms with Gasteiger partial charge in [0.25, 0.3) is 0 Å². The summed E-state index contributed by atoms with van der Waals surface area (Å²) in [4.78, 5) is 34.7. The summed E-state index contributed by atoms with van der Waals surface area (Å²) >= 11 is 0. The number of carbonyl (C=O) groups is 3. The molecule has 0 aromatic heterocycles. The van der Waals surface area contributed by atoms with Crippen molar-refractivity contribution in [1.29, 1.82) is 0 Å². The Balaban J connectivity index is 4.09. The third-order valence-electron chi connectivity index (χ3n) is 3.07. The minimum atomic E-state index is -0.488. The van der Waals surface area contributed by atoms with Crippen LogP contribution < -0.4 is 16.0 Å². The molecule has 0 aromatic carbocycles. The number of amides is 3. The Morgan fingerprint density at radius 2 is 1.62 bits per heavy atom. The number of carbonyl (C=O) groups excluding carboxylic acids is 3. The Morgan fingerprint density at radius 1 is 0.952 bits per heavy atom. The monoisotopic (exact) mass is 299 g/mol. The molecule has 0 radical (unpaired) electrons. The van der Waals surface area contributed by atoms with Crippen molar-refractivity contribution in [2.75, 3.05) is 13.1 Å². The largest absolute Gasteiger partial charge is 0.356 e. The fourth-order valence-electron chi connectivity index (χ4n) is 1.75. The van der Waals surface area contributed by atoms with E-state index in [0.717, 1.165) is 12.8 Å². The summed E-state index contributed by atoms with van der Waals surface area (Å²) in [5, 5.41) is 8.29. The van der Waals surface area contributed by atoms with Gasteiger partial charge in [0.05, 0.1) is 0 Å². The third-order valence-corrected chi connectivity index (χ3v) is 3.07. The Hall–Kier alpha value is -1.59. The number of hydrogen-bond acceptors (Lipinski definition) is 3. The fourth-order valence-corrected chi connectivity index (χ4v) is 1.75. The molecule has 0 aliphatic heterocycles. The van der Waals surface area contributed by atoms with Crippen molar-refractivity contribution < 1.29 is 14.4 Å². The van der Waals surface area contributed by atoms with E-state index in [2.05, 4.69) is 16.0 Å². The van der Waals surface area contributed by atoms with Crippen molar-refractivity contribution in [2.45, 2.75) is 59.4 Å². The molecule has 0 bridgehead atoms. The van der Waals surface area contributed by atoms with Gasteiger partial charge in [0.15, 0.2) is 0 Å². The molecule has 0 aliphatic rings. The van der Waals surface area contributed by atoms with Gasteiger partial charge < -0.3 is 16.0 Å². The molecule has 6 heteroatoms. The predicted molar refractivity (Wildman–Crippen MR) is 82.6 cm³/mol. The molecule has 0 spiro atoms. The summed E-state index contributed by atoms with van der Waals surface area (Å²) in [5.41, 5.74) is 0. The maximum atomic E-state index is 11.9. The lowest BCUT2D eigenvalue weighted by molar-refractivity contribution is -0.129. The minimum Gasteiger partial charge on any atom is -0.356 e. The Kier molecular flexibility index (Phi) is 10.3. The van der Waals surface area contributed by atoms with Gasteiger partial charge in [0.1, 0.15) is 6.04 Å². The van der Waals surface area contributed by atoms with E-state index in [1.54, 1.807) is 6.92 Å². The molecule has 0 saturated heterocycles. The first-order valence-electron chi connectivity index (χ1n) is 7.77. The van der Waals surface area contributed by atoms with Crippen molar-refractivity contribution in [3.8, 4) is 0 Å². The number of unbranched alkanes of at least 4 members (excludes halogenated alkanes) is 1. The van der Waals surface area contributed by atoms with E-state index in [4.69, 9.17) is 0 Å². The highest BCUT2D eigenvalue weighted by Crippen LogP contribution is 2.02. The van der Waals surface area contributed by atoms with Gasteiger partial charge in [-0.2, -0.15) is 0 Å². The maximum absolute atomic E-state index is 11.9. The van der Waals surface area contributed by atoms with Crippen LogP contribution in [0.5, 0.6) is 0 Å². The summed E-state index contributed by atoms with van der Waals surface area (Å²) in [6, 6.07) is -0.488. The highest BCUT2D eigenvalue weighted by molar-refractivity contribution is 5.87. The number of hydrogen-bond donors (Lipinski definition) is 3. The van der Waals surface area contributed by atoms with E-state index in [9.17, 15) is 14.4 Å². The lowest BCUT2D eigenvalue weighted by atomic mass is 10.1. The summed E-state index contributed by atoms with van der Waals surface area (Å²) in [6.45, 7) is 8.44. The maximum Gasteiger partial charge on any atom is 0.242 e. The highest BCUT2D eigenvalue weighted by atomic mass is 16.2. The van der Waals surface area contributed by atoms with E-state index >= 15 is 0 Å². The molecular formula is C15H29N3O3. The van der Waals surface area contributed by atoms with E-state index in [-0.39, 0.29) is 23.6 Å². The zero-order valence-electron chi connectivity index (χ0n) is 13.6. The zero-order chi connectivity index (χ0) is 16.3. The molecule has 122 valence electrons. The number of rotatable bonds is 10. The summed E-state index contributed by atoms with van der Waals surface area (Å²) < 4.78 is 0. The van der Waals surface area contributed by atoms with E-state index < -0.39 is 6.04 Å². The van der Waals surface area contributed by atoms with Crippen LogP contribution in [0.25, 0.3) is 0 Å². The van der Waals surface area contributed by atoms with Crippen LogP contribution in [-0.2, 0) is 14.4 Å². The first-order valence-corrected chi connectivity index (χ1v) is 7.77. The molecule has 0 aromatic rings. The van der Waals surface area contributed by atoms with Gasteiger partial charge in [0.2, 0.25) is 17.7 Å². The molecule has 0 aliphatic carbocycles. The van der Waals surface area contributed by atoms with Crippen molar-refractivity contribution in [1.82, 2.24) is 16.0 Å². The lowest BCUT2D eigenvalue weighted by Crippen LogP contribution is -2.46. The molecule has 0 rings (SSSR count). The Morgan fingerprint density at radius 3 is 2.14 bits per heavy atom. The predicted octanol–water partition coefficient (Wildman–Crippen LogP) is 0.960. The molecule has 3 N–H and O–H groups in total. The molecule has 21 heavy (non-hydrogen) atoms. The molecule has 0 fully saturated rings. The summed E-state index contributed by atoms with van der Waals surface area (Å²) in [7, 11) is 0. The highest BCUT2D eigenvalue weighted by Gasteiger charge is 2.18. The first kappa shape index (κ1) is 19.4. The van der Waals surface area contributed by atoms with Gasteiger partial charge in [-0.1, -0.05) is 20.8 Å². The average molecular weight is 299 g/mol. The molecule has 6 nitrogen and oxygen atoms in total. The smallest absolute Gasteiger partial charge is 0.242 e. The SMILES string of the molecule is CCNC(=O)C(CCCCNC(=O)C(C)C)NC(=O)CC. The Labute approximate surface area is 127 Å². The van der Waals surface area contributed by atoms with Crippen LogP contribution in [0.4, 0.5) is 0 Å². The van der Waals surface area contributed by atoms with Crippen LogP contribution >= 0.6 is 0 Å². The van der Waals surface area contributed by atoms with Gasteiger partial charge in [-0.05, 0) is 26.2 Å². The van der Waals surface area contributed by atoms with Crippen LogP contribution in [0.3, 0.4) is 0 Å². The van der Waals surface area contributed by atoms with Crippen LogP contribution in [0.1, 0.15) is 53.4 Å². The number of likely N-dealkylation sites (N-methyl/N-ethyl adjacent to an activating group) is 1. The first-order chi connectivity index (χ1) is 9.92. The van der Waals surface area contributed by atoms with Gasteiger partial charge in [-0.3, -0.25) is 14.4 Å². The van der Waals surface area contributed by atoms with Gasteiger partial charge in [-0.15, -0.1) is 0 Å². The van der Waals surface area contributed by atoms with Crippen molar-refractivity contribution >= 4 is 17.7 Å². The normalized spacial score (nSPS) is 11.9. The van der Waals surface area contributed by atoms with Gasteiger partial charge in [-0.25, -0.2) is 0 Å². The second-order valence-electron chi connectivity index (χ2n) is 5.31. The quantitative estimate of drug-likeness (QED) is 0.525. The second kappa shape index (κ2) is 11.1. The third kappa shape index (κ3) is 9.05. The molecule has 0 saturated carbocycles. The fraction of sp³-hybridized carbons (Fsp3) is 0.800.